The molecule has 7 fully saturated rings. The molecule has 4 aliphatic carbocycles. The number of amides is 12. The fraction of sp³-hybridized carbons (Fsp3) is 0.831. The second kappa shape index (κ2) is 36.2. The minimum Gasteiger partial charge on any atom is -0.359 e. The summed E-state index contributed by atoms with van der Waals surface area (Å²) in [6.45, 7) is 5.98. The lowest BCUT2D eigenvalue weighted by Crippen LogP contribution is -2.65. The van der Waals surface area contributed by atoms with Crippen molar-refractivity contribution in [1.29, 1.82) is 0 Å². The molecule has 1 spiro atoms. The molecule has 0 aromatic carbocycles. The van der Waals surface area contributed by atoms with Crippen LogP contribution in [0.3, 0.4) is 0 Å². The van der Waals surface area contributed by atoms with E-state index in [-0.39, 0.29) is 108 Å². The second-order valence-electron chi connectivity index (χ2n) is 30.5. The number of fused-ring (bicyclic) bond motifs is 1. The highest BCUT2D eigenvalue weighted by Crippen LogP contribution is 2.44. The standard InChI is InChI=1S/C71H114ClF3N12O13/c1-12-45(4)60-67(97)81(7)41-58(90)79(5)42-59(91)83(9)54(38-46-22-15-13-16-23-46)65(95)80(6)40-56(88)76-51(30-28-47-27-29-49(50(72)37-47)71(73,74)75)64(94)87-33-21-26-52(87)63(93)78-70(31-19-20-32-70)69(99)85(11)61(48-24-17-14-18-25-48)68(98)84(10)55(66(96)86-34-35-100-43-86)39-57(89)82(8)53(36-44(2)3)62(92)77-60/h44-55,60-61H,12-43H2,1-11H3,(H,76,88)(H,77,92)(H,78,93)/t45-,47?,49?,50?,51-,52-,53-,54-,55-,60-,61-/m0/s1. The first-order valence-electron chi connectivity index (χ1n) is 36.8. The lowest BCUT2D eigenvalue weighted by atomic mass is 9.78. The summed E-state index contributed by atoms with van der Waals surface area (Å²) in [5.74, 6) is -10.9. The van der Waals surface area contributed by atoms with Crippen LogP contribution in [0.25, 0.3) is 0 Å². The zero-order valence-corrected chi connectivity index (χ0v) is 61.8. The van der Waals surface area contributed by atoms with Crippen molar-refractivity contribution in [2.45, 2.75) is 248 Å². The fourth-order valence-electron chi connectivity index (χ4n) is 16.3. The summed E-state index contributed by atoms with van der Waals surface area (Å²) >= 11 is 6.40. The molecule has 0 aromatic heterocycles. The Bertz CT molecular complexity index is 2900. The van der Waals surface area contributed by atoms with Crippen LogP contribution in [0.1, 0.15) is 188 Å². The lowest BCUT2D eigenvalue weighted by Gasteiger charge is -2.43. The predicted octanol–water partition coefficient (Wildman–Crippen LogP) is 5.29. The quantitative estimate of drug-likeness (QED) is 0.222. The van der Waals surface area contributed by atoms with Gasteiger partial charge in [0.05, 0.1) is 38.6 Å². The molecule has 3 N–H and O–H groups in total. The Morgan fingerprint density at radius 1 is 0.620 bits per heavy atom. The van der Waals surface area contributed by atoms with E-state index in [0.29, 0.717) is 38.5 Å². The summed E-state index contributed by atoms with van der Waals surface area (Å²) < 4.78 is 47.6. The van der Waals surface area contributed by atoms with Crippen molar-refractivity contribution in [1.82, 2.24) is 60.0 Å². The van der Waals surface area contributed by atoms with E-state index in [0.717, 1.165) is 66.1 Å². The number of halogens is 4. The van der Waals surface area contributed by atoms with Crippen molar-refractivity contribution < 1.29 is 75.4 Å². The number of hydrogen-bond donors (Lipinski definition) is 3. The molecule has 3 saturated heterocycles. The monoisotopic (exact) mass is 1430 g/mol. The van der Waals surface area contributed by atoms with Gasteiger partial charge < -0.3 is 64.8 Å². The van der Waals surface area contributed by atoms with Crippen LogP contribution in [0.5, 0.6) is 0 Å². The molecule has 7 aliphatic rings. The average molecular weight is 1440 g/mol. The van der Waals surface area contributed by atoms with Gasteiger partial charge in [0, 0.05) is 67.8 Å². The summed E-state index contributed by atoms with van der Waals surface area (Å²) in [5, 5.41) is 7.60. The van der Waals surface area contributed by atoms with E-state index in [1.165, 1.54) is 78.7 Å². The highest BCUT2D eigenvalue weighted by atomic mass is 35.5. The molecule has 0 aromatic rings. The maximum Gasteiger partial charge on any atom is 0.393 e. The number of hydrogen-bond acceptors (Lipinski definition) is 13. The van der Waals surface area contributed by atoms with E-state index in [9.17, 15) is 46.7 Å². The average Bonchev–Trinajstić information content (AvgIpc) is 1.45. The van der Waals surface area contributed by atoms with Crippen molar-refractivity contribution >= 4 is 82.5 Å². The van der Waals surface area contributed by atoms with E-state index in [1.54, 1.807) is 6.92 Å². The van der Waals surface area contributed by atoms with Gasteiger partial charge in [-0.15, -0.1) is 11.6 Å². The third-order valence-corrected chi connectivity index (χ3v) is 23.3. The molecule has 3 unspecified atom stereocenters. The summed E-state index contributed by atoms with van der Waals surface area (Å²) in [7, 11) is 9.98. The second-order valence-corrected chi connectivity index (χ2v) is 31.1. The zero-order chi connectivity index (χ0) is 73.7. The first-order chi connectivity index (χ1) is 47.2. The van der Waals surface area contributed by atoms with Gasteiger partial charge in [0.15, 0.2) is 0 Å². The SMILES string of the molecule is CC[C@H](C)[C@@H]1NC(=O)[C@H](CC(C)C)N(C)C(=O)C[C@@H](C(=O)N2CCOC2)N(C)C(=O)[C@H](C2CCCCC2)N(C)C(=O)C2(CCCC2)NC(=O)[C@@H]2CCCN2C(=O)[C@H](CCC2CCC(C(F)(F)F)C(Cl)C2)NC(=O)CN(C)C(=O)[C@H](CC2CCCCC2)N(C)C(=O)CN(C)C(=O)CN(C)C1=O. The van der Waals surface area contributed by atoms with E-state index in [2.05, 4.69) is 16.0 Å². The Hall–Kier alpha value is -6.32. The Morgan fingerprint density at radius 2 is 1.24 bits per heavy atom. The van der Waals surface area contributed by atoms with Crippen LogP contribution in [0.2, 0.25) is 0 Å². The Morgan fingerprint density at radius 3 is 1.84 bits per heavy atom. The van der Waals surface area contributed by atoms with Gasteiger partial charge in [-0.25, -0.2) is 0 Å². The Labute approximate surface area is 594 Å². The van der Waals surface area contributed by atoms with Crippen LogP contribution >= 0.6 is 11.6 Å². The van der Waals surface area contributed by atoms with Gasteiger partial charge in [0.1, 0.15) is 54.6 Å². The van der Waals surface area contributed by atoms with Gasteiger partial charge in [0.2, 0.25) is 70.9 Å². The van der Waals surface area contributed by atoms with Crippen LogP contribution in [0, 0.1) is 35.5 Å². The number of rotatable bonds is 11. The first kappa shape index (κ1) is 81.0. The molecule has 0 bridgehead atoms. The number of carbonyl (C=O) groups excluding carboxylic acids is 12. The maximum atomic E-state index is 15.7. The zero-order valence-electron chi connectivity index (χ0n) is 61.1. The molecule has 29 heteroatoms. The molecule has 0 radical (unpaired) electrons. The number of ether oxygens (including phenoxy) is 1. The third-order valence-electron chi connectivity index (χ3n) is 22.9. The lowest BCUT2D eigenvalue weighted by molar-refractivity contribution is -0.182. The highest BCUT2D eigenvalue weighted by Gasteiger charge is 2.52. The molecule has 4 saturated carbocycles. The van der Waals surface area contributed by atoms with Crippen LogP contribution in [-0.4, -0.2) is 270 Å². The fourth-order valence-corrected chi connectivity index (χ4v) is 16.8. The first-order valence-corrected chi connectivity index (χ1v) is 37.2. The smallest absolute Gasteiger partial charge is 0.359 e. The molecule has 3 aliphatic heterocycles. The minimum absolute atomic E-state index is 0.00142. The molecule has 7 rings (SSSR count). The van der Waals surface area contributed by atoms with Crippen molar-refractivity contribution in [3.05, 3.63) is 0 Å². The van der Waals surface area contributed by atoms with Gasteiger partial charge in [-0.3, -0.25) is 57.5 Å². The van der Waals surface area contributed by atoms with Gasteiger partial charge in [-0.1, -0.05) is 98.3 Å². The van der Waals surface area contributed by atoms with Gasteiger partial charge in [0.25, 0.3) is 0 Å². The van der Waals surface area contributed by atoms with Crippen LogP contribution in [0.15, 0.2) is 0 Å². The minimum atomic E-state index is -4.51. The van der Waals surface area contributed by atoms with E-state index < -0.39 is 174 Å². The molecule has 564 valence electrons. The van der Waals surface area contributed by atoms with E-state index in [4.69, 9.17) is 16.3 Å². The van der Waals surface area contributed by atoms with Crippen molar-refractivity contribution in [2.24, 2.45) is 35.5 Å². The van der Waals surface area contributed by atoms with Crippen molar-refractivity contribution in [3.8, 4) is 0 Å². The summed E-state index contributed by atoms with van der Waals surface area (Å²) in [5.41, 5.74) is -1.56. The molecule has 11 atom stereocenters. The summed E-state index contributed by atoms with van der Waals surface area (Å²) in [6, 6.07) is -8.67. The highest BCUT2D eigenvalue weighted by molar-refractivity contribution is 6.21. The van der Waals surface area contributed by atoms with Crippen molar-refractivity contribution in [2.75, 3.05) is 95.4 Å². The van der Waals surface area contributed by atoms with Gasteiger partial charge >= 0.3 is 6.18 Å². The van der Waals surface area contributed by atoms with Gasteiger partial charge in [-0.2, -0.15) is 13.2 Å². The van der Waals surface area contributed by atoms with Crippen LogP contribution in [0.4, 0.5) is 13.2 Å². The number of alkyl halides is 4. The Balaban J connectivity index is 1.27. The van der Waals surface area contributed by atoms with Crippen LogP contribution in [-0.2, 0) is 62.3 Å². The predicted molar refractivity (Wildman–Crippen MR) is 367 cm³/mol. The van der Waals surface area contributed by atoms with E-state index >= 15 is 24.0 Å². The number of nitrogens with zero attached hydrogens (tertiary/aromatic N) is 9. The maximum absolute atomic E-state index is 15.7. The largest absolute Gasteiger partial charge is 0.393 e. The normalized spacial score (nSPS) is 30.0. The third kappa shape index (κ3) is 20.3. The summed E-state index contributed by atoms with van der Waals surface area (Å²) in [6.07, 6.45) is 5.42. The van der Waals surface area contributed by atoms with Crippen molar-refractivity contribution in [3.63, 3.8) is 0 Å². The summed E-state index contributed by atoms with van der Waals surface area (Å²) in [4.78, 5) is 190. The number of likely N-dealkylation sites (N-methyl/N-ethyl adjacent to an activating group) is 7. The molecular weight excluding hydrogens is 1320 g/mol. The number of nitrogens with one attached hydrogen (secondary N) is 3. The van der Waals surface area contributed by atoms with Gasteiger partial charge in [-0.05, 0) is 113 Å². The molecular formula is C71H114ClF3N12O13. The van der Waals surface area contributed by atoms with E-state index in [1.807, 2.05) is 20.8 Å². The molecule has 25 nitrogen and oxygen atoms in total. The van der Waals surface area contributed by atoms with Crippen LogP contribution < -0.4 is 16.0 Å². The number of carbonyl (C=O) groups is 12. The topological polar surface area (TPSA) is 279 Å². The molecule has 3 heterocycles. The Kier molecular flexibility index (Phi) is 29.3. The molecule has 12 amide bonds. The molecule has 100 heavy (non-hydrogen) atoms.